The number of sulfonamides is 1. The first kappa shape index (κ1) is 13.1. The van der Waals surface area contributed by atoms with Crippen LogP contribution in [-0.2, 0) is 16.6 Å². The van der Waals surface area contributed by atoms with E-state index in [-0.39, 0.29) is 4.90 Å². The van der Waals surface area contributed by atoms with Crippen molar-refractivity contribution in [2.24, 2.45) is 11.1 Å². The summed E-state index contributed by atoms with van der Waals surface area (Å²) < 4.78 is 25.5. The van der Waals surface area contributed by atoms with Crippen LogP contribution in [0.15, 0.2) is 29.2 Å². The zero-order chi connectivity index (χ0) is 13.5. The van der Waals surface area contributed by atoms with E-state index < -0.39 is 10.0 Å². The molecule has 2 rings (SSSR count). The van der Waals surface area contributed by atoms with Crippen molar-refractivity contribution in [1.82, 2.24) is 4.57 Å². The van der Waals surface area contributed by atoms with Crippen LogP contribution in [0.1, 0.15) is 19.5 Å². The zero-order valence-electron chi connectivity index (χ0n) is 10.8. The van der Waals surface area contributed by atoms with Crippen LogP contribution in [0.25, 0.3) is 10.9 Å². The highest BCUT2D eigenvalue weighted by Gasteiger charge is 2.21. The van der Waals surface area contributed by atoms with Gasteiger partial charge in [-0.05, 0) is 18.9 Å². The molecule has 5 heteroatoms. The van der Waals surface area contributed by atoms with Crippen molar-refractivity contribution >= 4 is 20.9 Å². The van der Waals surface area contributed by atoms with E-state index in [1.54, 1.807) is 6.07 Å². The molecule has 0 aliphatic carbocycles. The highest BCUT2D eigenvalue weighted by molar-refractivity contribution is 7.89. The van der Waals surface area contributed by atoms with Crippen LogP contribution in [-0.4, -0.2) is 13.0 Å². The third-order valence-corrected chi connectivity index (χ3v) is 4.09. The van der Waals surface area contributed by atoms with Gasteiger partial charge in [0.15, 0.2) is 0 Å². The van der Waals surface area contributed by atoms with Crippen LogP contribution in [0, 0.1) is 12.8 Å². The van der Waals surface area contributed by atoms with Crippen LogP contribution in [0.3, 0.4) is 0 Å². The molecule has 0 bridgehead atoms. The molecule has 0 spiro atoms. The van der Waals surface area contributed by atoms with Crippen molar-refractivity contribution in [3.63, 3.8) is 0 Å². The number of benzene rings is 1. The first-order valence-corrected chi connectivity index (χ1v) is 7.47. The maximum Gasteiger partial charge on any atom is 0.240 e. The molecule has 0 amide bonds. The number of hydrogen-bond donors (Lipinski definition) is 1. The monoisotopic (exact) mass is 266 g/mol. The van der Waals surface area contributed by atoms with Crippen molar-refractivity contribution in [3.05, 3.63) is 30.0 Å². The van der Waals surface area contributed by atoms with Crippen molar-refractivity contribution in [2.45, 2.75) is 32.2 Å². The number of hydrogen-bond acceptors (Lipinski definition) is 2. The van der Waals surface area contributed by atoms with Gasteiger partial charge < -0.3 is 4.57 Å². The van der Waals surface area contributed by atoms with Gasteiger partial charge in [0.25, 0.3) is 0 Å². The quantitative estimate of drug-likeness (QED) is 0.926. The smallest absolute Gasteiger partial charge is 0.240 e. The molecule has 0 saturated carbocycles. The van der Waals surface area contributed by atoms with Crippen LogP contribution in [0.4, 0.5) is 0 Å². The fraction of sp³-hybridized carbons (Fsp3) is 0.385. The van der Waals surface area contributed by atoms with Crippen molar-refractivity contribution in [2.75, 3.05) is 0 Å². The lowest BCUT2D eigenvalue weighted by atomic mass is 10.2. The molecule has 2 aromatic rings. The number of aromatic nitrogens is 1. The molecule has 0 radical (unpaired) electrons. The maximum atomic E-state index is 11.7. The number of primary sulfonamides is 1. The molecule has 98 valence electrons. The van der Waals surface area contributed by atoms with Crippen LogP contribution < -0.4 is 5.14 Å². The first-order chi connectivity index (χ1) is 8.32. The molecule has 4 nitrogen and oxygen atoms in total. The molecule has 0 saturated heterocycles. The Balaban J connectivity index is 2.84. The Morgan fingerprint density at radius 2 is 1.89 bits per heavy atom. The molecular formula is C13H18N2O2S. The first-order valence-electron chi connectivity index (χ1n) is 5.93. The van der Waals surface area contributed by atoms with Crippen LogP contribution >= 0.6 is 0 Å². The normalized spacial score (nSPS) is 12.5. The van der Waals surface area contributed by atoms with Gasteiger partial charge >= 0.3 is 0 Å². The Kier molecular flexibility index (Phi) is 3.21. The molecule has 18 heavy (non-hydrogen) atoms. The van der Waals surface area contributed by atoms with Gasteiger partial charge in [-0.2, -0.15) is 0 Å². The standard InChI is InChI=1S/C13H18N2O2S/c1-9(2)8-15-10(3)13(18(14,16)17)11-6-4-5-7-12(11)15/h4-7,9H,8H2,1-3H3,(H2,14,16,17). The third kappa shape index (κ3) is 2.15. The summed E-state index contributed by atoms with van der Waals surface area (Å²) in [5.74, 6) is 0.438. The number of nitrogens with two attached hydrogens (primary N) is 1. The molecule has 1 heterocycles. The van der Waals surface area contributed by atoms with Gasteiger partial charge in [0.2, 0.25) is 10.0 Å². The van der Waals surface area contributed by atoms with E-state index in [0.717, 1.165) is 12.1 Å². The van der Waals surface area contributed by atoms with E-state index >= 15 is 0 Å². The highest BCUT2D eigenvalue weighted by atomic mass is 32.2. The summed E-state index contributed by atoms with van der Waals surface area (Å²) in [5, 5.41) is 6.03. The Morgan fingerprint density at radius 3 is 2.44 bits per heavy atom. The number of fused-ring (bicyclic) bond motifs is 1. The summed E-state index contributed by atoms with van der Waals surface area (Å²) in [6, 6.07) is 7.47. The minimum absolute atomic E-state index is 0.249. The van der Waals surface area contributed by atoms with Gasteiger partial charge in [0, 0.05) is 23.1 Å². The average molecular weight is 266 g/mol. The van der Waals surface area contributed by atoms with E-state index in [1.807, 2.05) is 29.7 Å². The van der Waals surface area contributed by atoms with Crippen molar-refractivity contribution in [1.29, 1.82) is 0 Å². The average Bonchev–Trinajstić information content (AvgIpc) is 2.51. The van der Waals surface area contributed by atoms with Gasteiger partial charge in [-0.15, -0.1) is 0 Å². The SMILES string of the molecule is Cc1c(S(N)(=O)=O)c2ccccc2n1CC(C)C. The number of rotatable bonds is 3. The van der Waals surface area contributed by atoms with E-state index in [2.05, 4.69) is 13.8 Å². The van der Waals surface area contributed by atoms with Crippen LogP contribution in [0.5, 0.6) is 0 Å². The molecule has 0 unspecified atom stereocenters. The summed E-state index contributed by atoms with van der Waals surface area (Å²) in [7, 11) is -3.70. The van der Waals surface area contributed by atoms with Gasteiger partial charge in [-0.1, -0.05) is 32.0 Å². The fourth-order valence-corrected chi connectivity index (χ4v) is 3.36. The number of para-hydroxylation sites is 1. The predicted octanol–water partition coefficient (Wildman–Crippen LogP) is 2.25. The Morgan fingerprint density at radius 1 is 1.28 bits per heavy atom. The van der Waals surface area contributed by atoms with E-state index in [1.165, 1.54) is 0 Å². The fourth-order valence-electron chi connectivity index (χ4n) is 2.36. The summed E-state index contributed by atoms with van der Waals surface area (Å²) in [4.78, 5) is 0.249. The predicted molar refractivity (Wildman–Crippen MR) is 72.9 cm³/mol. The molecule has 0 aliphatic heterocycles. The topological polar surface area (TPSA) is 65.1 Å². The molecule has 0 atom stereocenters. The lowest BCUT2D eigenvalue weighted by Gasteiger charge is -2.11. The molecule has 0 fully saturated rings. The van der Waals surface area contributed by atoms with Gasteiger partial charge in [0.1, 0.15) is 4.90 Å². The minimum atomic E-state index is -3.70. The lowest BCUT2D eigenvalue weighted by molar-refractivity contribution is 0.524. The summed E-state index contributed by atoms with van der Waals surface area (Å²) in [6.45, 7) is 6.79. The second-order valence-corrected chi connectivity index (χ2v) is 6.48. The Bertz CT molecular complexity index is 684. The second kappa shape index (κ2) is 4.40. The van der Waals surface area contributed by atoms with Gasteiger partial charge in [-0.3, -0.25) is 0 Å². The van der Waals surface area contributed by atoms with Crippen LogP contribution in [0.2, 0.25) is 0 Å². The van der Waals surface area contributed by atoms with E-state index in [9.17, 15) is 8.42 Å². The largest absolute Gasteiger partial charge is 0.343 e. The molecule has 2 N–H and O–H groups in total. The Hall–Kier alpha value is -1.33. The molecule has 0 aliphatic rings. The van der Waals surface area contributed by atoms with E-state index in [4.69, 9.17) is 5.14 Å². The minimum Gasteiger partial charge on any atom is -0.343 e. The maximum absolute atomic E-state index is 11.7. The molecular weight excluding hydrogens is 248 g/mol. The highest BCUT2D eigenvalue weighted by Crippen LogP contribution is 2.29. The summed E-state index contributed by atoms with van der Waals surface area (Å²) in [5.41, 5.74) is 1.64. The zero-order valence-corrected chi connectivity index (χ0v) is 11.7. The van der Waals surface area contributed by atoms with Crippen molar-refractivity contribution in [3.8, 4) is 0 Å². The molecule has 1 aromatic carbocycles. The van der Waals surface area contributed by atoms with Gasteiger partial charge in [0.05, 0.1) is 0 Å². The number of nitrogens with zero attached hydrogens (tertiary/aromatic N) is 1. The second-order valence-electron chi connectivity index (χ2n) is 4.98. The summed E-state index contributed by atoms with van der Waals surface area (Å²) >= 11 is 0. The Labute approximate surface area is 107 Å². The molecule has 1 aromatic heterocycles. The van der Waals surface area contributed by atoms with E-state index in [0.29, 0.717) is 17.0 Å². The lowest BCUT2D eigenvalue weighted by Crippen LogP contribution is -2.14. The summed E-state index contributed by atoms with van der Waals surface area (Å²) in [6.07, 6.45) is 0. The third-order valence-electron chi connectivity index (χ3n) is 3.01. The van der Waals surface area contributed by atoms with Crippen molar-refractivity contribution < 1.29 is 8.42 Å². The van der Waals surface area contributed by atoms with Gasteiger partial charge in [-0.25, -0.2) is 13.6 Å².